The molecule has 0 aliphatic heterocycles. The Morgan fingerprint density at radius 1 is 1.00 bits per heavy atom. The maximum Gasteiger partial charge on any atom is 0.467 e. The second kappa shape index (κ2) is 3.27. The van der Waals surface area contributed by atoms with E-state index < -0.39 is 20.4 Å². The monoisotopic (exact) mass is 186 g/mol. The van der Waals surface area contributed by atoms with Gasteiger partial charge in [-0.3, -0.25) is 9.78 Å². The second-order valence-corrected chi connectivity index (χ2v) is 2.86. The van der Waals surface area contributed by atoms with E-state index >= 15 is 0 Å². The number of rotatable bonds is 0. The summed E-state index contributed by atoms with van der Waals surface area (Å²) in [6, 6.07) is 0. The van der Waals surface area contributed by atoms with Crippen molar-refractivity contribution in [1.29, 1.82) is 0 Å². The Balaban J connectivity index is 4.76. The van der Waals surface area contributed by atoms with Crippen LogP contribution in [0.3, 0.4) is 0 Å². The van der Waals surface area contributed by atoms with Gasteiger partial charge in [0.15, 0.2) is 0 Å². The number of carbonyl (C=O) groups is 2. The summed E-state index contributed by atoms with van der Waals surface area (Å²) in [5, 5.41) is 10.5. The molecule has 0 aromatic rings. The van der Waals surface area contributed by atoms with Gasteiger partial charge in [-0.05, 0) is 0 Å². The first-order valence-electron chi connectivity index (χ1n) is 1.92. The van der Waals surface area contributed by atoms with Gasteiger partial charge >= 0.3 is 20.4 Å². The van der Waals surface area contributed by atoms with Crippen molar-refractivity contribution >= 4 is 20.4 Å². The van der Waals surface area contributed by atoms with E-state index in [0.717, 1.165) is 0 Å². The van der Waals surface area contributed by atoms with E-state index in [1.807, 2.05) is 0 Å². The lowest BCUT2D eigenvalue weighted by atomic mass is 11.6. The van der Waals surface area contributed by atoms with Crippen LogP contribution in [0.25, 0.3) is 0 Å². The summed E-state index contributed by atoms with van der Waals surface area (Å²) >= 11 is 0. The van der Waals surface area contributed by atoms with E-state index in [4.69, 9.17) is 10.5 Å². The minimum absolute atomic E-state index is 2.23. The molecule has 8 nitrogen and oxygen atoms in total. The van der Waals surface area contributed by atoms with Crippen molar-refractivity contribution in [3.8, 4) is 0 Å². The molecule has 0 spiro atoms. The van der Waals surface area contributed by atoms with Crippen molar-refractivity contribution in [3.63, 3.8) is 0 Å². The zero-order valence-electron chi connectivity index (χ0n) is 4.75. The SMILES string of the molecule is O=C(OO)S(=O)(=O)C(=O)OO. The lowest BCUT2D eigenvalue weighted by Crippen LogP contribution is -2.24. The normalized spacial score (nSPS) is 10.4. The Labute approximate surface area is 59.7 Å². The van der Waals surface area contributed by atoms with E-state index in [1.165, 1.54) is 0 Å². The maximum absolute atomic E-state index is 10.2. The number of hydrogen-bond donors (Lipinski definition) is 2. The Morgan fingerprint density at radius 3 is 1.45 bits per heavy atom. The molecule has 0 atom stereocenters. The van der Waals surface area contributed by atoms with Crippen molar-refractivity contribution in [2.24, 2.45) is 0 Å². The summed E-state index contributed by atoms with van der Waals surface area (Å²) < 4.78 is 20.4. The third kappa shape index (κ3) is 1.86. The van der Waals surface area contributed by atoms with Gasteiger partial charge in [-0.15, -0.1) is 0 Å². The smallest absolute Gasteiger partial charge is 0.283 e. The van der Waals surface area contributed by atoms with Gasteiger partial charge in [0.1, 0.15) is 0 Å². The summed E-state index contributed by atoms with van der Waals surface area (Å²) in [6.45, 7) is 0. The molecule has 0 heterocycles. The van der Waals surface area contributed by atoms with Gasteiger partial charge in [0.2, 0.25) is 0 Å². The molecule has 0 saturated carbocycles. The van der Waals surface area contributed by atoms with Crippen molar-refractivity contribution in [2.45, 2.75) is 0 Å². The lowest BCUT2D eigenvalue weighted by Gasteiger charge is -1.93. The van der Waals surface area contributed by atoms with Crippen molar-refractivity contribution in [2.75, 3.05) is 0 Å². The first kappa shape index (κ1) is 9.81. The Kier molecular flexibility index (Phi) is 2.92. The molecule has 0 saturated heterocycles. The number of sulfone groups is 1. The van der Waals surface area contributed by atoms with Crippen LogP contribution in [0.2, 0.25) is 0 Å². The molecular weight excluding hydrogens is 184 g/mol. The van der Waals surface area contributed by atoms with Crippen LogP contribution in [0.5, 0.6) is 0 Å². The fourth-order valence-electron chi connectivity index (χ4n) is 0.166. The lowest BCUT2D eigenvalue weighted by molar-refractivity contribution is -0.171. The predicted octanol–water partition coefficient (Wildman–Crippen LogP) is -0.380. The summed E-state index contributed by atoms with van der Waals surface area (Å²) in [5.41, 5.74) is 0. The van der Waals surface area contributed by atoms with Gasteiger partial charge < -0.3 is 0 Å². The van der Waals surface area contributed by atoms with Crippen LogP contribution < -0.4 is 0 Å². The van der Waals surface area contributed by atoms with Crippen LogP contribution in [0, 0.1) is 0 Å². The summed E-state index contributed by atoms with van der Waals surface area (Å²) in [7, 11) is -5.06. The van der Waals surface area contributed by atoms with E-state index in [1.54, 1.807) is 0 Å². The van der Waals surface area contributed by atoms with E-state index in [0.29, 0.717) is 0 Å². The van der Waals surface area contributed by atoms with E-state index in [9.17, 15) is 18.0 Å². The van der Waals surface area contributed by atoms with Gasteiger partial charge in [0.05, 0.1) is 0 Å². The summed E-state index contributed by atoms with van der Waals surface area (Å²) in [4.78, 5) is 25.3. The van der Waals surface area contributed by atoms with Crippen LogP contribution in [0.15, 0.2) is 0 Å². The molecule has 0 bridgehead atoms. The highest BCUT2D eigenvalue weighted by Gasteiger charge is 2.36. The standard InChI is InChI=1S/C2H2O8S/c3-1(9-5)11(7,8)2(4)10-6/h5-6H. The Bertz CT molecular complexity index is 238. The highest BCUT2D eigenvalue weighted by atomic mass is 32.2. The molecule has 0 fully saturated rings. The quantitative estimate of drug-likeness (QED) is 0.387. The minimum atomic E-state index is -5.06. The molecule has 0 unspecified atom stereocenters. The largest absolute Gasteiger partial charge is 0.467 e. The molecule has 2 N–H and O–H groups in total. The molecule has 9 heteroatoms. The van der Waals surface area contributed by atoms with Gasteiger partial charge in [0, 0.05) is 0 Å². The zero-order chi connectivity index (χ0) is 9.07. The first-order valence-corrected chi connectivity index (χ1v) is 3.41. The summed E-state index contributed by atoms with van der Waals surface area (Å²) in [6.07, 6.45) is 0. The maximum atomic E-state index is 10.2. The fourth-order valence-corrected chi connectivity index (χ4v) is 0.499. The number of carbonyl (C=O) groups excluding carboxylic acids is 2. The Morgan fingerprint density at radius 2 is 1.27 bits per heavy atom. The molecule has 0 aliphatic rings. The molecule has 0 aliphatic carbocycles. The van der Waals surface area contributed by atoms with Crippen LogP contribution >= 0.6 is 0 Å². The summed E-state index contributed by atoms with van der Waals surface area (Å²) in [5.74, 6) is 0. The molecule has 0 amide bonds. The van der Waals surface area contributed by atoms with Crippen molar-refractivity contribution in [3.05, 3.63) is 0 Å². The first-order chi connectivity index (χ1) is 4.96. The average molecular weight is 186 g/mol. The highest BCUT2D eigenvalue weighted by molar-refractivity contribution is 8.18. The van der Waals surface area contributed by atoms with Crippen LogP contribution in [0.1, 0.15) is 0 Å². The van der Waals surface area contributed by atoms with Crippen LogP contribution in [-0.4, -0.2) is 29.5 Å². The van der Waals surface area contributed by atoms with Gasteiger partial charge in [0.25, 0.3) is 0 Å². The van der Waals surface area contributed by atoms with Gasteiger partial charge in [-0.25, -0.2) is 18.0 Å². The molecule has 0 aromatic heterocycles. The fraction of sp³-hybridized carbons (Fsp3) is 0. The van der Waals surface area contributed by atoms with E-state index in [-0.39, 0.29) is 0 Å². The topological polar surface area (TPSA) is 127 Å². The van der Waals surface area contributed by atoms with Crippen LogP contribution in [0.4, 0.5) is 9.59 Å². The zero-order valence-corrected chi connectivity index (χ0v) is 5.57. The highest BCUT2D eigenvalue weighted by Crippen LogP contribution is 1.98. The minimum Gasteiger partial charge on any atom is -0.283 e. The van der Waals surface area contributed by atoms with Gasteiger partial charge in [-0.2, -0.15) is 10.5 Å². The predicted molar refractivity (Wildman–Crippen MR) is 27.1 cm³/mol. The van der Waals surface area contributed by atoms with Crippen LogP contribution in [-0.2, 0) is 19.6 Å². The third-order valence-corrected chi connectivity index (χ3v) is 1.61. The molecule has 0 rings (SSSR count). The van der Waals surface area contributed by atoms with Gasteiger partial charge in [-0.1, -0.05) is 0 Å². The third-order valence-electron chi connectivity index (χ3n) is 0.588. The van der Waals surface area contributed by atoms with Crippen molar-refractivity contribution in [1.82, 2.24) is 0 Å². The molecular formula is C2H2O8S. The molecule has 11 heavy (non-hydrogen) atoms. The second-order valence-electron chi connectivity index (χ2n) is 1.19. The molecule has 0 aromatic carbocycles. The van der Waals surface area contributed by atoms with Crippen molar-refractivity contribution < 1.29 is 38.3 Å². The Hall–Kier alpha value is -1.19. The molecule has 64 valence electrons. The number of hydrogen-bond acceptors (Lipinski definition) is 8. The molecule has 0 radical (unpaired) electrons. The van der Waals surface area contributed by atoms with E-state index in [2.05, 4.69) is 9.78 Å². The average Bonchev–Trinajstić information content (AvgIpc) is 2.01.